The summed E-state index contributed by atoms with van der Waals surface area (Å²) in [5, 5.41) is 4.66. The van der Waals surface area contributed by atoms with E-state index in [0.29, 0.717) is 5.69 Å². The van der Waals surface area contributed by atoms with Crippen molar-refractivity contribution in [2.75, 3.05) is 24.7 Å². The molecule has 104 valence electrons. The fraction of sp³-hybridized carbons (Fsp3) is 0.273. The maximum absolute atomic E-state index is 11.4. The Morgan fingerprint density at radius 1 is 1.16 bits per heavy atom. The molecule has 7 nitrogen and oxygen atoms in total. The van der Waals surface area contributed by atoms with E-state index in [0.717, 1.165) is 6.26 Å². The first-order chi connectivity index (χ1) is 8.84. The molecular weight excluding hydrogens is 270 g/mol. The van der Waals surface area contributed by atoms with Crippen LogP contribution in [0.3, 0.4) is 0 Å². The van der Waals surface area contributed by atoms with Crippen LogP contribution in [0.4, 0.5) is 5.69 Å². The van der Waals surface area contributed by atoms with E-state index in [-0.39, 0.29) is 18.0 Å². The van der Waals surface area contributed by atoms with E-state index >= 15 is 0 Å². The summed E-state index contributed by atoms with van der Waals surface area (Å²) in [6.07, 6.45) is 1.08. The number of hydrogen-bond acceptors (Lipinski definition) is 5. The van der Waals surface area contributed by atoms with Crippen molar-refractivity contribution in [2.24, 2.45) is 5.73 Å². The van der Waals surface area contributed by atoms with Crippen LogP contribution in [0.1, 0.15) is 0 Å². The normalized spacial score (nSPS) is 10.8. The summed E-state index contributed by atoms with van der Waals surface area (Å²) in [4.78, 5) is 22.8. The van der Waals surface area contributed by atoms with Crippen molar-refractivity contribution in [1.29, 1.82) is 0 Å². The van der Waals surface area contributed by atoms with Gasteiger partial charge in [-0.3, -0.25) is 9.59 Å². The summed E-state index contributed by atoms with van der Waals surface area (Å²) in [7, 11) is -3.28. The average Bonchev–Trinajstić information content (AvgIpc) is 2.35. The van der Waals surface area contributed by atoms with Gasteiger partial charge in [-0.1, -0.05) is 0 Å². The molecule has 1 aromatic carbocycles. The molecule has 2 amide bonds. The third-order valence-electron chi connectivity index (χ3n) is 2.18. The van der Waals surface area contributed by atoms with E-state index in [1.54, 1.807) is 0 Å². The second kappa shape index (κ2) is 6.30. The van der Waals surface area contributed by atoms with Crippen molar-refractivity contribution in [3.05, 3.63) is 24.3 Å². The molecular formula is C11H15N3O4S. The van der Waals surface area contributed by atoms with Crippen molar-refractivity contribution in [3.8, 4) is 0 Å². The molecule has 0 fully saturated rings. The SMILES string of the molecule is CS(=O)(=O)c1ccc(NC(=O)C(=O)NCCN)cc1. The quantitative estimate of drug-likeness (QED) is 0.620. The van der Waals surface area contributed by atoms with Crippen LogP contribution in [0.2, 0.25) is 0 Å². The zero-order valence-electron chi connectivity index (χ0n) is 10.3. The molecule has 0 unspecified atom stereocenters. The average molecular weight is 285 g/mol. The number of anilines is 1. The molecule has 0 aliphatic rings. The molecule has 0 bridgehead atoms. The zero-order chi connectivity index (χ0) is 14.5. The molecule has 1 rings (SSSR count). The van der Waals surface area contributed by atoms with Crippen LogP contribution in [0.25, 0.3) is 0 Å². The second-order valence-corrected chi connectivity index (χ2v) is 5.81. The zero-order valence-corrected chi connectivity index (χ0v) is 11.2. The largest absolute Gasteiger partial charge is 0.347 e. The molecule has 0 aromatic heterocycles. The van der Waals surface area contributed by atoms with Gasteiger partial charge in [-0.05, 0) is 24.3 Å². The maximum Gasteiger partial charge on any atom is 0.313 e. The lowest BCUT2D eigenvalue weighted by molar-refractivity contribution is -0.136. The van der Waals surface area contributed by atoms with Gasteiger partial charge in [0, 0.05) is 25.0 Å². The van der Waals surface area contributed by atoms with Crippen LogP contribution in [0, 0.1) is 0 Å². The van der Waals surface area contributed by atoms with Crippen molar-refractivity contribution >= 4 is 27.3 Å². The van der Waals surface area contributed by atoms with E-state index in [1.807, 2.05) is 0 Å². The van der Waals surface area contributed by atoms with E-state index < -0.39 is 21.7 Å². The van der Waals surface area contributed by atoms with Gasteiger partial charge in [-0.25, -0.2) is 8.42 Å². The Hall–Kier alpha value is -1.93. The van der Waals surface area contributed by atoms with E-state index in [1.165, 1.54) is 24.3 Å². The number of nitrogens with one attached hydrogen (secondary N) is 2. The van der Waals surface area contributed by atoms with Crippen LogP contribution >= 0.6 is 0 Å². The Labute approximate surface area is 111 Å². The number of carbonyl (C=O) groups is 2. The Morgan fingerprint density at radius 3 is 2.21 bits per heavy atom. The minimum atomic E-state index is -3.28. The minimum absolute atomic E-state index is 0.137. The highest BCUT2D eigenvalue weighted by Gasteiger charge is 2.13. The van der Waals surface area contributed by atoms with Crippen LogP contribution in [-0.4, -0.2) is 39.6 Å². The van der Waals surface area contributed by atoms with E-state index in [2.05, 4.69) is 10.6 Å². The van der Waals surface area contributed by atoms with Crippen molar-refractivity contribution < 1.29 is 18.0 Å². The summed E-state index contributed by atoms with van der Waals surface area (Å²) in [5.74, 6) is -1.63. The molecule has 0 saturated carbocycles. The number of sulfone groups is 1. The van der Waals surface area contributed by atoms with E-state index in [9.17, 15) is 18.0 Å². The third kappa shape index (κ3) is 4.68. The van der Waals surface area contributed by atoms with E-state index in [4.69, 9.17) is 5.73 Å². The van der Waals surface area contributed by atoms with Gasteiger partial charge in [0.15, 0.2) is 9.84 Å². The van der Waals surface area contributed by atoms with Crippen LogP contribution in [-0.2, 0) is 19.4 Å². The molecule has 0 radical (unpaired) electrons. The van der Waals surface area contributed by atoms with Crippen LogP contribution < -0.4 is 16.4 Å². The maximum atomic E-state index is 11.4. The molecule has 1 aromatic rings. The topological polar surface area (TPSA) is 118 Å². The lowest BCUT2D eigenvalue weighted by Crippen LogP contribution is -2.37. The minimum Gasteiger partial charge on any atom is -0.347 e. The van der Waals surface area contributed by atoms with Crippen molar-refractivity contribution in [1.82, 2.24) is 5.32 Å². The highest BCUT2D eigenvalue weighted by atomic mass is 32.2. The number of rotatable bonds is 4. The lowest BCUT2D eigenvalue weighted by atomic mass is 10.3. The Morgan fingerprint density at radius 2 is 1.74 bits per heavy atom. The first kappa shape index (κ1) is 15.1. The summed E-state index contributed by atoms with van der Waals surface area (Å²) >= 11 is 0. The van der Waals surface area contributed by atoms with Crippen LogP contribution in [0.15, 0.2) is 29.2 Å². The van der Waals surface area contributed by atoms with Gasteiger partial charge in [0.2, 0.25) is 0 Å². The predicted molar refractivity (Wildman–Crippen MR) is 70.2 cm³/mol. The standard InChI is InChI=1S/C11H15N3O4S/c1-19(17,18)9-4-2-8(3-5-9)14-11(16)10(15)13-7-6-12/h2-5H,6-7,12H2,1H3,(H,13,15)(H,14,16). The first-order valence-corrected chi connectivity index (χ1v) is 7.33. The molecule has 0 spiro atoms. The smallest absolute Gasteiger partial charge is 0.313 e. The van der Waals surface area contributed by atoms with Gasteiger partial charge in [0.1, 0.15) is 0 Å². The monoisotopic (exact) mass is 285 g/mol. The lowest BCUT2D eigenvalue weighted by Gasteiger charge is -2.06. The highest BCUT2D eigenvalue weighted by molar-refractivity contribution is 7.90. The Bertz CT molecular complexity index is 566. The molecule has 0 aliphatic heterocycles. The number of hydrogen-bond donors (Lipinski definition) is 3. The highest BCUT2D eigenvalue weighted by Crippen LogP contribution is 2.13. The first-order valence-electron chi connectivity index (χ1n) is 5.44. The number of amides is 2. The fourth-order valence-corrected chi connectivity index (χ4v) is 1.87. The molecule has 0 heterocycles. The van der Waals surface area contributed by atoms with Crippen LogP contribution in [0.5, 0.6) is 0 Å². The molecule has 0 saturated heterocycles. The van der Waals surface area contributed by atoms with Gasteiger partial charge < -0.3 is 16.4 Å². The Kier molecular flexibility index (Phi) is 5.02. The number of nitrogens with two attached hydrogens (primary N) is 1. The molecule has 0 atom stereocenters. The van der Waals surface area contributed by atoms with Gasteiger partial charge >= 0.3 is 11.8 Å². The summed E-state index contributed by atoms with van der Waals surface area (Å²) in [5.41, 5.74) is 5.52. The molecule has 8 heteroatoms. The van der Waals surface area contributed by atoms with Crippen molar-refractivity contribution in [3.63, 3.8) is 0 Å². The Balaban J connectivity index is 2.68. The molecule has 19 heavy (non-hydrogen) atoms. The van der Waals surface area contributed by atoms with Gasteiger partial charge in [-0.15, -0.1) is 0 Å². The van der Waals surface area contributed by atoms with Gasteiger partial charge in [0.05, 0.1) is 4.90 Å². The predicted octanol–water partition coefficient (Wildman–Crippen LogP) is -0.896. The number of carbonyl (C=O) groups excluding carboxylic acids is 2. The summed E-state index contributed by atoms with van der Waals surface area (Å²) in [6, 6.07) is 5.51. The summed E-state index contributed by atoms with van der Waals surface area (Å²) < 4.78 is 22.5. The van der Waals surface area contributed by atoms with Gasteiger partial charge in [-0.2, -0.15) is 0 Å². The molecule has 4 N–H and O–H groups in total. The number of benzene rings is 1. The van der Waals surface area contributed by atoms with Crippen molar-refractivity contribution in [2.45, 2.75) is 4.90 Å². The molecule has 0 aliphatic carbocycles. The second-order valence-electron chi connectivity index (χ2n) is 3.80. The fourth-order valence-electron chi connectivity index (χ4n) is 1.24. The summed E-state index contributed by atoms with van der Waals surface area (Å²) in [6.45, 7) is 0.446. The van der Waals surface area contributed by atoms with Gasteiger partial charge in [0.25, 0.3) is 0 Å². The third-order valence-corrected chi connectivity index (χ3v) is 3.30.